The van der Waals surface area contributed by atoms with E-state index in [1.807, 2.05) is 30.3 Å². The molecule has 7 heteroatoms. The molecule has 2 aromatic rings. The third-order valence-corrected chi connectivity index (χ3v) is 4.24. The van der Waals surface area contributed by atoms with Gasteiger partial charge in [0.15, 0.2) is 17.2 Å². The van der Waals surface area contributed by atoms with Crippen LogP contribution in [0.15, 0.2) is 42.5 Å². The summed E-state index contributed by atoms with van der Waals surface area (Å²) in [6, 6.07) is 13.2. The van der Waals surface area contributed by atoms with Gasteiger partial charge in [-0.05, 0) is 44.4 Å². The summed E-state index contributed by atoms with van der Waals surface area (Å²) in [4.78, 5) is 30.4. The fourth-order valence-corrected chi connectivity index (χ4v) is 2.89. The van der Waals surface area contributed by atoms with E-state index in [0.717, 1.165) is 6.42 Å². The van der Waals surface area contributed by atoms with E-state index in [2.05, 4.69) is 4.98 Å². The Labute approximate surface area is 158 Å². The van der Waals surface area contributed by atoms with E-state index in [-0.39, 0.29) is 30.7 Å². The normalized spacial score (nSPS) is 15.0. The van der Waals surface area contributed by atoms with Crippen LogP contribution < -0.4 is 15.4 Å². The van der Waals surface area contributed by atoms with E-state index in [4.69, 9.17) is 15.2 Å². The highest BCUT2D eigenvalue weighted by molar-refractivity contribution is 6.04. The lowest BCUT2D eigenvalue weighted by Crippen LogP contribution is -2.54. The summed E-state index contributed by atoms with van der Waals surface area (Å²) in [6.45, 7) is 3.34. The number of hydrogen-bond acceptors (Lipinski definition) is 6. The lowest BCUT2D eigenvalue weighted by Gasteiger charge is -2.37. The van der Waals surface area contributed by atoms with Crippen LogP contribution in [0.3, 0.4) is 0 Å². The first-order valence-electron chi connectivity index (χ1n) is 8.84. The second kappa shape index (κ2) is 7.65. The second-order valence-electron chi connectivity index (χ2n) is 6.87. The predicted molar refractivity (Wildman–Crippen MR) is 101 cm³/mol. The van der Waals surface area contributed by atoms with Crippen molar-refractivity contribution in [1.29, 1.82) is 0 Å². The van der Waals surface area contributed by atoms with Gasteiger partial charge in [0.25, 0.3) is 5.91 Å². The van der Waals surface area contributed by atoms with Crippen LogP contribution in [0.4, 0.5) is 11.6 Å². The lowest BCUT2D eigenvalue weighted by atomic mass is 10.1. The average molecular weight is 369 g/mol. The van der Waals surface area contributed by atoms with E-state index in [0.29, 0.717) is 12.2 Å². The number of amides is 1. The zero-order valence-electron chi connectivity index (χ0n) is 15.5. The van der Waals surface area contributed by atoms with Gasteiger partial charge in [0.1, 0.15) is 12.4 Å². The summed E-state index contributed by atoms with van der Waals surface area (Å²) in [5.41, 5.74) is 5.81. The molecule has 0 fully saturated rings. The Bertz CT molecular complexity index is 836. The summed E-state index contributed by atoms with van der Waals surface area (Å²) >= 11 is 0. The van der Waals surface area contributed by atoms with Crippen LogP contribution in [0.1, 0.15) is 25.8 Å². The third kappa shape index (κ3) is 4.36. The zero-order valence-corrected chi connectivity index (χ0v) is 15.5. The number of benzene rings is 1. The molecule has 1 aliphatic rings. The smallest absolute Gasteiger partial charge is 0.326 e. The van der Waals surface area contributed by atoms with Gasteiger partial charge in [-0.3, -0.25) is 14.5 Å². The summed E-state index contributed by atoms with van der Waals surface area (Å²) < 4.78 is 11.0. The third-order valence-electron chi connectivity index (χ3n) is 4.24. The van der Waals surface area contributed by atoms with Crippen molar-refractivity contribution in [2.75, 3.05) is 23.8 Å². The number of fused-ring (bicyclic) bond motifs is 1. The number of carbonyl (C=O) groups excluding carboxylic acids is 2. The Morgan fingerprint density at radius 1 is 1.22 bits per heavy atom. The van der Waals surface area contributed by atoms with Gasteiger partial charge in [-0.15, -0.1) is 0 Å². The minimum atomic E-state index is -1.10. The monoisotopic (exact) mass is 369 g/mol. The number of carbonyl (C=O) groups is 2. The molecule has 0 bridgehead atoms. The van der Waals surface area contributed by atoms with E-state index in [1.54, 1.807) is 26.0 Å². The van der Waals surface area contributed by atoms with Gasteiger partial charge < -0.3 is 15.2 Å². The zero-order chi connectivity index (χ0) is 19.4. The Morgan fingerprint density at radius 3 is 2.70 bits per heavy atom. The first-order chi connectivity index (χ1) is 12.9. The molecule has 2 heterocycles. The van der Waals surface area contributed by atoms with Gasteiger partial charge in [0, 0.05) is 0 Å². The molecule has 3 rings (SSSR count). The molecular weight excluding hydrogens is 346 g/mol. The molecule has 0 unspecified atom stereocenters. The van der Waals surface area contributed by atoms with Crippen LogP contribution >= 0.6 is 0 Å². The number of ether oxygens (including phenoxy) is 2. The largest absolute Gasteiger partial charge is 0.474 e. The molecule has 0 aliphatic carbocycles. The summed E-state index contributed by atoms with van der Waals surface area (Å²) in [5, 5.41) is 0. The molecule has 0 saturated heterocycles. The number of pyridine rings is 1. The summed E-state index contributed by atoms with van der Waals surface area (Å²) in [6.07, 6.45) is 1.53. The van der Waals surface area contributed by atoms with Crippen LogP contribution in [0, 0.1) is 0 Å². The molecule has 0 atom stereocenters. The average Bonchev–Trinajstić information content (AvgIpc) is 2.64. The fourth-order valence-electron chi connectivity index (χ4n) is 2.89. The quantitative estimate of drug-likeness (QED) is 0.620. The first kappa shape index (κ1) is 18.7. The number of nitrogens with zero attached hydrogens (tertiary/aromatic N) is 2. The van der Waals surface area contributed by atoms with Crippen molar-refractivity contribution in [2.24, 2.45) is 0 Å². The van der Waals surface area contributed by atoms with Crippen molar-refractivity contribution < 1.29 is 19.1 Å². The molecular formula is C20H23N3O4. The Balaban J connectivity index is 1.61. The molecule has 0 radical (unpaired) electrons. The van der Waals surface area contributed by atoms with Gasteiger partial charge >= 0.3 is 5.97 Å². The van der Waals surface area contributed by atoms with Crippen LogP contribution in [0.2, 0.25) is 0 Å². The van der Waals surface area contributed by atoms with Crippen LogP contribution in [0.25, 0.3) is 0 Å². The van der Waals surface area contributed by atoms with Gasteiger partial charge in [-0.2, -0.15) is 0 Å². The van der Waals surface area contributed by atoms with Crippen molar-refractivity contribution in [1.82, 2.24) is 4.98 Å². The fraction of sp³-hybridized carbons (Fsp3) is 0.350. The highest BCUT2D eigenvalue weighted by Gasteiger charge is 2.42. The number of nitrogen functional groups attached to an aromatic ring is 1. The van der Waals surface area contributed by atoms with Crippen molar-refractivity contribution in [3.8, 4) is 5.75 Å². The molecule has 1 amide bonds. The van der Waals surface area contributed by atoms with E-state index >= 15 is 0 Å². The van der Waals surface area contributed by atoms with Gasteiger partial charge in [-0.25, -0.2) is 4.98 Å². The van der Waals surface area contributed by atoms with Crippen molar-refractivity contribution in [3.63, 3.8) is 0 Å². The number of rotatable bonds is 6. The SMILES string of the molecule is CC1(C)Oc2ccc(N)nc2N(CC(=O)OCCCc2ccccc2)C1=O. The predicted octanol–water partition coefficient (Wildman–Crippen LogP) is 2.34. The van der Waals surface area contributed by atoms with Gasteiger partial charge in [0.05, 0.1) is 6.61 Å². The molecule has 0 saturated carbocycles. The lowest BCUT2D eigenvalue weighted by molar-refractivity contribution is -0.144. The minimum Gasteiger partial charge on any atom is -0.474 e. The number of hydrogen-bond donors (Lipinski definition) is 1. The number of anilines is 2. The topological polar surface area (TPSA) is 94.8 Å². The number of aromatic nitrogens is 1. The maximum Gasteiger partial charge on any atom is 0.326 e. The molecule has 0 spiro atoms. The molecule has 7 nitrogen and oxygen atoms in total. The minimum absolute atomic E-state index is 0.236. The van der Waals surface area contributed by atoms with E-state index < -0.39 is 11.6 Å². The number of esters is 1. The molecule has 1 aliphatic heterocycles. The standard InChI is InChI=1S/C20H23N3O4/c1-20(2)19(25)23(18-15(27-20)10-11-16(21)22-18)13-17(24)26-12-6-9-14-7-4-3-5-8-14/h3-5,7-8,10-11H,6,9,12-13H2,1-2H3,(H2,21,22). The van der Waals surface area contributed by atoms with Crippen molar-refractivity contribution >= 4 is 23.5 Å². The van der Waals surface area contributed by atoms with Crippen LogP contribution in [0.5, 0.6) is 5.75 Å². The Kier molecular flexibility index (Phi) is 5.30. The maximum absolute atomic E-state index is 12.7. The van der Waals surface area contributed by atoms with Crippen LogP contribution in [-0.2, 0) is 20.7 Å². The molecule has 27 heavy (non-hydrogen) atoms. The van der Waals surface area contributed by atoms with E-state index in [9.17, 15) is 9.59 Å². The maximum atomic E-state index is 12.7. The molecule has 2 N–H and O–H groups in total. The Hall–Kier alpha value is -3.09. The van der Waals surface area contributed by atoms with Crippen molar-refractivity contribution in [2.45, 2.75) is 32.3 Å². The number of nitrogens with two attached hydrogens (primary N) is 1. The van der Waals surface area contributed by atoms with Gasteiger partial charge in [-0.1, -0.05) is 30.3 Å². The summed E-state index contributed by atoms with van der Waals surface area (Å²) in [7, 11) is 0. The van der Waals surface area contributed by atoms with E-state index in [1.165, 1.54) is 10.5 Å². The summed E-state index contributed by atoms with van der Waals surface area (Å²) in [5.74, 6) is 0.0240. The molecule has 142 valence electrons. The first-order valence-corrected chi connectivity index (χ1v) is 8.84. The van der Waals surface area contributed by atoms with Crippen LogP contribution in [-0.4, -0.2) is 35.6 Å². The second-order valence-corrected chi connectivity index (χ2v) is 6.87. The molecule has 1 aromatic heterocycles. The highest BCUT2D eigenvalue weighted by atomic mass is 16.5. The highest BCUT2D eigenvalue weighted by Crippen LogP contribution is 2.36. The Morgan fingerprint density at radius 2 is 1.96 bits per heavy atom. The van der Waals surface area contributed by atoms with Crippen molar-refractivity contribution in [3.05, 3.63) is 48.0 Å². The number of aryl methyl sites for hydroxylation is 1. The van der Waals surface area contributed by atoms with Gasteiger partial charge in [0.2, 0.25) is 0 Å². The molecule has 1 aromatic carbocycles.